The molecular weight excluding hydrogens is 420 g/mol. The van der Waals surface area contributed by atoms with E-state index < -0.39 is 0 Å². The Morgan fingerprint density at radius 3 is 1.35 bits per heavy atom. The molecule has 0 aliphatic carbocycles. The highest BCUT2D eigenvalue weighted by molar-refractivity contribution is 6.02. The number of aryl methyl sites for hydroxylation is 2. The number of hydrogen-bond acceptors (Lipinski definition) is 4. The van der Waals surface area contributed by atoms with Gasteiger partial charge < -0.3 is 8.83 Å². The minimum absolute atomic E-state index is 0.532. The summed E-state index contributed by atoms with van der Waals surface area (Å²) in [5.41, 5.74) is 9.03. The van der Waals surface area contributed by atoms with Crippen molar-refractivity contribution in [2.75, 3.05) is 0 Å². The van der Waals surface area contributed by atoms with Crippen molar-refractivity contribution >= 4 is 33.3 Å². The first-order valence-corrected chi connectivity index (χ1v) is 11.3. The topological polar surface area (TPSA) is 52.1 Å². The van der Waals surface area contributed by atoms with Gasteiger partial charge in [0.05, 0.1) is 11.1 Å². The molecule has 0 bridgehead atoms. The van der Waals surface area contributed by atoms with Crippen molar-refractivity contribution in [1.82, 2.24) is 9.97 Å². The first-order chi connectivity index (χ1) is 16.7. The Balaban J connectivity index is 1.72. The standard InChI is InChI=1S/C30H22N2O2/c1-19-13-15-25-23(17-19)31-29(33-25)27(21-9-5-3-6-10-21)28(22-11-7-4-8-12-22)30-32-24-18-20(2)14-16-26(24)34-30/h3-18H,1-2H3. The highest BCUT2D eigenvalue weighted by atomic mass is 16.4. The lowest BCUT2D eigenvalue weighted by Crippen LogP contribution is -1.98. The van der Waals surface area contributed by atoms with E-state index in [0.29, 0.717) is 11.8 Å². The molecule has 0 saturated heterocycles. The zero-order chi connectivity index (χ0) is 23.1. The second-order valence-electron chi connectivity index (χ2n) is 8.46. The Morgan fingerprint density at radius 1 is 0.529 bits per heavy atom. The van der Waals surface area contributed by atoms with E-state index in [1.54, 1.807) is 0 Å². The molecule has 0 unspecified atom stereocenters. The van der Waals surface area contributed by atoms with Crippen LogP contribution in [0.3, 0.4) is 0 Å². The first-order valence-electron chi connectivity index (χ1n) is 11.3. The van der Waals surface area contributed by atoms with Crippen molar-refractivity contribution in [2.24, 2.45) is 0 Å². The molecule has 4 aromatic carbocycles. The van der Waals surface area contributed by atoms with Gasteiger partial charge in [-0.25, -0.2) is 9.97 Å². The summed E-state index contributed by atoms with van der Waals surface area (Å²) in [6.45, 7) is 4.11. The summed E-state index contributed by atoms with van der Waals surface area (Å²) in [5.74, 6) is 1.06. The zero-order valence-electron chi connectivity index (χ0n) is 18.9. The van der Waals surface area contributed by atoms with Gasteiger partial charge in [-0.15, -0.1) is 0 Å². The lowest BCUT2D eigenvalue weighted by molar-refractivity contribution is 0.578. The molecule has 0 saturated carbocycles. The van der Waals surface area contributed by atoms with Crippen LogP contribution in [0.4, 0.5) is 0 Å². The fourth-order valence-corrected chi connectivity index (χ4v) is 4.25. The van der Waals surface area contributed by atoms with Crippen molar-refractivity contribution in [2.45, 2.75) is 13.8 Å². The number of aromatic nitrogens is 2. The van der Waals surface area contributed by atoms with Crippen LogP contribution in [-0.4, -0.2) is 9.97 Å². The summed E-state index contributed by atoms with van der Waals surface area (Å²) >= 11 is 0. The number of benzene rings is 4. The maximum atomic E-state index is 6.32. The highest BCUT2D eigenvalue weighted by Gasteiger charge is 2.24. The monoisotopic (exact) mass is 442 g/mol. The van der Waals surface area contributed by atoms with E-state index in [1.807, 2.05) is 72.8 Å². The van der Waals surface area contributed by atoms with Gasteiger partial charge in [0.1, 0.15) is 11.0 Å². The van der Waals surface area contributed by atoms with Crippen LogP contribution in [0.2, 0.25) is 0 Å². The average Bonchev–Trinajstić information content (AvgIpc) is 3.46. The molecular formula is C30H22N2O2. The average molecular weight is 443 g/mol. The lowest BCUT2D eigenvalue weighted by Gasteiger charge is -2.12. The summed E-state index contributed by atoms with van der Waals surface area (Å²) in [6.07, 6.45) is 0. The summed E-state index contributed by atoms with van der Waals surface area (Å²) in [4.78, 5) is 9.79. The van der Waals surface area contributed by atoms with Gasteiger partial charge in [-0.1, -0.05) is 72.8 Å². The second-order valence-corrected chi connectivity index (χ2v) is 8.46. The maximum absolute atomic E-state index is 6.32. The van der Waals surface area contributed by atoms with Crippen LogP contribution < -0.4 is 0 Å². The van der Waals surface area contributed by atoms with Crippen molar-refractivity contribution in [1.29, 1.82) is 0 Å². The minimum Gasteiger partial charge on any atom is -0.436 e. The number of oxazole rings is 2. The number of rotatable bonds is 4. The lowest BCUT2D eigenvalue weighted by atomic mass is 9.94. The van der Waals surface area contributed by atoms with Gasteiger partial charge >= 0.3 is 0 Å². The van der Waals surface area contributed by atoms with Gasteiger partial charge in [0.25, 0.3) is 0 Å². The SMILES string of the molecule is Cc1ccc2oc(C(=C(c3ccccc3)c3nc4cc(C)ccc4o3)c3ccccc3)nc2c1. The molecule has 0 aliphatic rings. The molecule has 34 heavy (non-hydrogen) atoms. The molecule has 0 amide bonds. The molecule has 2 aromatic heterocycles. The van der Waals surface area contributed by atoms with E-state index >= 15 is 0 Å². The van der Waals surface area contributed by atoms with Gasteiger partial charge in [0, 0.05) is 0 Å². The molecule has 6 aromatic rings. The van der Waals surface area contributed by atoms with Crippen molar-refractivity contribution < 1.29 is 8.83 Å². The van der Waals surface area contributed by atoms with Crippen LogP contribution in [-0.2, 0) is 0 Å². The quantitative estimate of drug-likeness (QED) is 0.264. The molecule has 0 N–H and O–H groups in total. The smallest absolute Gasteiger partial charge is 0.228 e. The van der Waals surface area contributed by atoms with Crippen LogP contribution >= 0.6 is 0 Å². The molecule has 6 rings (SSSR count). The zero-order valence-corrected chi connectivity index (χ0v) is 18.9. The van der Waals surface area contributed by atoms with Crippen LogP contribution in [0.1, 0.15) is 34.0 Å². The van der Waals surface area contributed by atoms with Gasteiger partial charge in [0.15, 0.2) is 11.2 Å². The molecule has 0 aliphatic heterocycles. The molecule has 2 heterocycles. The Kier molecular flexibility index (Phi) is 4.84. The Labute approximate surface area is 197 Å². The van der Waals surface area contributed by atoms with E-state index in [9.17, 15) is 0 Å². The minimum atomic E-state index is 0.532. The van der Waals surface area contributed by atoms with E-state index in [4.69, 9.17) is 18.8 Å². The summed E-state index contributed by atoms with van der Waals surface area (Å²) in [7, 11) is 0. The Hall–Kier alpha value is -4.44. The molecule has 0 atom stereocenters. The van der Waals surface area contributed by atoms with Crippen LogP contribution in [0.15, 0.2) is 106 Å². The third-order valence-corrected chi connectivity index (χ3v) is 5.89. The molecule has 4 nitrogen and oxygen atoms in total. The van der Waals surface area contributed by atoms with E-state index in [1.165, 1.54) is 0 Å². The van der Waals surface area contributed by atoms with E-state index in [-0.39, 0.29) is 0 Å². The number of nitrogens with zero attached hydrogens (tertiary/aromatic N) is 2. The van der Waals surface area contributed by atoms with Gasteiger partial charge in [-0.05, 0) is 60.4 Å². The molecule has 4 heteroatoms. The Bertz CT molecular complexity index is 1530. The van der Waals surface area contributed by atoms with Crippen molar-refractivity contribution in [3.63, 3.8) is 0 Å². The molecule has 0 fully saturated rings. The predicted octanol–water partition coefficient (Wildman–Crippen LogP) is 7.59. The fraction of sp³-hybridized carbons (Fsp3) is 0.0667. The maximum Gasteiger partial charge on any atom is 0.228 e. The second kappa shape index (κ2) is 8.16. The van der Waals surface area contributed by atoms with Crippen LogP contribution in [0.5, 0.6) is 0 Å². The third-order valence-electron chi connectivity index (χ3n) is 5.89. The van der Waals surface area contributed by atoms with Crippen molar-refractivity contribution in [3.05, 3.63) is 131 Å². The predicted molar refractivity (Wildman–Crippen MR) is 135 cm³/mol. The molecule has 0 spiro atoms. The Morgan fingerprint density at radius 2 is 0.941 bits per heavy atom. The number of fused-ring (bicyclic) bond motifs is 2. The fourth-order valence-electron chi connectivity index (χ4n) is 4.25. The summed E-state index contributed by atoms with van der Waals surface area (Å²) < 4.78 is 12.6. The third kappa shape index (κ3) is 3.59. The number of hydrogen-bond donors (Lipinski definition) is 0. The molecule has 0 radical (unpaired) electrons. The van der Waals surface area contributed by atoms with Crippen LogP contribution in [0, 0.1) is 13.8 Å². The van der Waals surface area contributed by atoms with Crippen LogP contribution in [0.25, 0.3) is 33.3 Å². The first kappa shape index (κ1) is 20.2. The van der Waals surface area contributed by atoms with Gasteiger partial charge in [0.2, 0.25) is 11.8 Å². The van der Waals surface area contributed by atoms with E-state index in [0.717, 1.165) is 55.6 Å². The van der Waals surface area contributed by atoms with Crippen molar-refractivity contribution in [3.8, 4) is 0 Å². The molecule has 164 valence electrons. The van der Waals surface area contributed by atoms with E-state index in [2.05, 4.69) is 38.1 Å². The normalized spacial score (nSPS) is 12.3. The van der Waals surface area contributed by atoms with Gasteiger partial charge in [-0.2, -0.15) is 0 Å². The largest absolute Gasteiger partial charge is 0.436 e. The summed E-state index contributed by atoms with van der Waals surface area (Å²) in [5, 5.41) is 0. The summed E-state index contributed by atoms with van der Waals surface area (Å²) in [6, 6.07) is 32.4. The van der Waals surface area contributed by atoms with Gasteiger partial charge in [-0.3, -0.25) is 0 Å². The highest BCUT2D eigenvalue weighted by Crippen LogP contribution is 2.38.